The van der Waals surface area contributed by atoms with E-state index in [1.807, 2.05) is 0 Å². The Morgan fingerprint density at radius 3 is 2.60 bits per heavy atom. The number of aryl methyl sites for hydroxylation is 2. The van der Waals surface area contributed by atoms with Crippen LogP contribution in [0.3, 0.4) is 0 Å². The molecule has 0 bridgehead atoms. The van der Waals surface area contributed by atoms with E-state index in [0.717, 1.165) is 19.7 Å². The van der Waals surface area contributed by atoms with E-state index in [2.05, 4.69) is 90.3 Å². The minimum atomic E-state index is 0.0339. The average Bonchev–Trinajstić information content (AvgIpc) is 3.24. The molecule has 1 atom stereocenters. The topological polar surface area (TPSA) is 17.4 Å². The van der Waals surface area contributed by atoms with Crippen LogP contribution in [0.4, 0.5) is 0 Å². The van der Waals surface area contributed by atoms with Crippen molar-refractivity contribution in [2.24, 2.45) is 0 Å². The molecule has 128 valence electrons. The summed E-state index contributed by atoms with van der Waals surface area (Å²) in [6.07, 6.45) is 4.34. The highest BCUT2D eigenvalue weighted by molar-refractivity contribution is 5.37. The summed E-state index contributed by atoms with van der Waals surface area (Å²) in [4.78, 5) is 2.41. The zero-order valence-electron chi connectivity index (χ0n) is 14.9. The maximum Gasteiger partial charge on any atom is 0.138 e. The molecule has 3 nitrogen and oxygen atoms in total. The fourth-order valence-corrected chi connectivity index (χ4v) is 3.53. The summed E-state index contributed by atoms with van der Waals surface area (Å²) in [5.41, 5.74) is 6.32. The monoisotopic (exact) mass is 332 g/mol. The van der Waals surface area contributed by atoms with Crippen LogP contribution < -0.4 is 0 Å². The lowest BCUT2D eigenvalue weighted by atomic mass is 10.1. The Bertz CT molecular complexity index is 868. The minimum Gasteiger partial charge on any atom is -0.357 e. The van der Waals surface area contributed by atoms with E-state index in [4.69, 9.17) is 4.74 Å². The van der Waals surface area contributed by atoms with E-state index >= 15 is 0 Å². The molecule has 1 saturated heterocycles. The number of benzene rings is 2. The van der Waals surface area contributed by atoms with Crippen molar-refractivity contribution in [1.82, 2.24) is 9.47 Å². The SMILES string of the molecule is Cc1cccc(CN2CCOC2c2ccn(-c3cccc(C)c3)c2)c1. The molecule has 0 N–H and O–H groups in total. The maximum absolute atomic E-state index is 6.04. The number of nitrogens with zero attached hydrogens (tertiary/aromatic N) is 2. The first-order valence-electron chi connectivity index (χ1n) is 8.85. The fraction of sp³-hybridized carbons (Fsp3) is 0.273. The lowest BCUT2D eigenvalue weighted by Crippen LogP contribution is -2.23. The van der Waals surface area contributed by atoms with Crippen LogP contribution in [0.1, 0.15) is 28.5 Å². The molecule has 0 radical (unpaired) electrons. The summed E-state index contributed by atoms with van der Waals surface area (Å²) in [5, 5.41) is 0. The van der Waals surface area contributed by atoms with E-state index in [9.17, 15) is 0 Å². The summed E-state index contributed by atoms with van der Waals surface area (Å²) < 4.78 is 8.22. The zero-order chi connectivity index (χ0) is 17.2. The predicted octanol–water partition coefficient (Wildman–Crippen LogP) is 4.63. The van der Waals surface area contributed by atoms with Crippen LogP contribution in [0.5, 0.6) is 0 Å². The summed E-state index contributed by atoms with van der Waals surface area (Å²) in [6, 6.07) is 19.4. The smallest absolute Gasteiger partial charge is 0.138 e. The van der Waals surface area contributed by atoms with E-state index in [0.29, 0.717) is 0 Å². The average molecular weight is 332 g/mol. The lowest BCUT2D eigenvalue weighted by Gasteiger charge is -2.22. The highest BCUT2D eigenvalue weighted by Crippen LogP contribution is 2.29. The van der Waals surface area contributed by atoms with Crippen molar-refractivity contribution >= 4 is 0 Å². The van der Waals surface area contributed by atoms with Crippen LogP contribution >= 0.6 is 0 Å². The number of hydrogen-bond donors (Lipinski definition) is 0. The van der Waals surface area contributed by atoms with Crippen LogP contribution in [0.2, 0.25) is 0 Å². The first kappa shape index (κ1) is 16.1. The molecule has 2 heterocycles. The van der Waals surface area contributed by atoms with Gasteiger partial charge in [0.25, 0.3) is 0 Å². The summed E-state index contributed by atoms with van der Waals surface area (Å²) in [6.45, 7) is 6.93. The molecule has 0 spiro atoms. The second-order valence-electron chi connectivity index (χ2n) is 6.87. The highest BCUT2D eigenvalue weighted by Gasteiger charge is 2.27. The van der Waals surface area contributed by atoms with Gasteiger partial charge in [-0.15, -0.1) is 0 Å². The maximum atomic E-state index is 6.04. The van der Waals surface area contributed by atoms with Gasteiger partial charge in [0.1, 0.15) is 6.23 Å². The van der Waals surface area contributed by atoms with Crippen molar-refractivity contribution in [2.45, 2.75) is 26.6 Å². The van der Waals surface area contributed by atoms with E-state index in [1.165, 1.54) is 27.9 Å². The Morgan fingerprint density at radius 1 is 1.00 bits per heavy atom. The van der Waals surface area contributed by atoms with Crippen LogP contribution in [-0.4, -0.2) is 22.6 Å². The molecule has 3 aromatic rings. The van der Waals surface area contributed by atoms with Crippen molar-refractivity contribution in [3.63, 3.8) is 0 Å². The largest absolute Gasteiger partial charge is 0.357 e. The third-order valence-corrected chi connectivity index (χ3v) is 4.75. The number of aromatic nitrogens is 1. The molecule has 2 aromatic carbocycles. The second kappa shape index (κ2) is 6.87. The molecule has 3 heteroatoms. The fourth-order valence-electron chi connectivity index (χ4n) is 3.53. The van der Waals surface area contributed by atoms with Gasteiger partial charge in [-0.05, 0) is 43.2 Å². The van der Waals surface area contributed by atoms with Crippen molar-refractivity contribution in [2.75, 3.05) is 13.2 Å². The molecule has 0 saturated carbocycles. The van der Waals surface area contributed by atoms with Gasteiger partial charge < -0.3 is 9.30 Å². The number of ether oxygens (including phenoxy) is 1. The van der Waals surface area contributed by atoms with Crippen molar-refractivity contribution in [1.29, 1.82) is 0 Å². The highest BCUT2D eigenvalue weighted by atomic mass is 16.5. The van der Waals surface area contributed by atoms with Gasteiger partial charge in [-0.1, -0.05) is 42.0 Å². The molecule has 4 rings (SSSR count). The molecule has 1 aliphatic rings. The molecule has 1 unspecified atom stereocenters. The number of hydrogen-bond acceptors (Lipinski definition) is 2. The molecule has 25 heavy (non-hydrogen) atoms. The number of rotatable bonds is 4. The molecule has 0 amide bonds. The Morgan fingerprint density at radius 2 is 1.80 bits per heavy atom. The molecule has 1 aliphatic heterocycles. The Labute approximate surface area is 149 Å². The quantitative estimate of drug-likeness (QED) is 0.693. The first-order chi connectivity index (χ1) is 12.2. The van der Waals surface area contributed by atoms with E-state index in [1.54, 1.807) is 0 Å². The summed E-state index contributed by atoms with van der Waals surface area (Å²) >= 11 is 0. The third kappa shape index (κ3) is 3.53. The molecule has 1 aromatic heterocycles. The Hall–Kier alpha value is -2.36. The Kier molecular flexibility index (Phi) is 4.43. The van der Waals surface area contributed by atoms with Gasteiger partial charge in [0.15, 0.2) is 0 Å². The van der Waals surface area contributed by atoms with Crippen LogP contribution in [0, 0.1) is 13.8 Å². The van der Waals surface area contributed by atoms with Gasteiger partial charge in [-0.3, -0.25) is 4.90 Å². The van der Waals surface area contributed by atoms with Crippen LogP contribution in [0.25, 0.3) is 5.69 Å². The van der Waals surface area contributed by atoms with Gasteiger partial charge in [-0.25, -0.2) is 0 Å². The molecule has 0 aliphatic carbocycles. The molecular formula is C22H24N2O. The third-order valence-electron chi connectivity index (χ3n) is 4.75. The summed E-state index contributed by atoms with van der Waals surface area (Å²) in [5.74, 6) is 0. The van der Waals surface area contributed by atoms with Crippen LogP contribution in [-0.2, 0) is 11.3 Å². The van der Waals surface area contributed by atoms with E-state index in [-0.39, 0.29) is 6.23 Å². The minimum absolute atomic E-state index is 0.0339. The normalized spacial score (nSPS) is 17.9. The van der Waals surface area contributed by atoms with Gasteiger partial charge in [0, 0.05) is 36.7 Å². The second-order valence-corrected chi connectivity index (χ2v) is 6.87. The first-order valence-corrected chi connectivity index (χ1v) is 8.85. The van der Waals surface area contributed by atoms with Crippen LogP contribution in [0.15, 0.2) is 67.0 Å². The van der Waals surface area contributed by atoms with Crippen molar-refractivity contribution in [3.05, 3.63) is 89.2 Å². The van der Waals surface area contributed by atoms with Crippen molar-refractivity contribution < 1.29 is 4.74 Å². The van der Waals surface area contributed by atoms with Gasteiger partial charge in [-0.2, -0.15) is 0 Å². The van der Waals surface area contributed by atoms with E-state index < -0.39 is 0 Å². The lowest BCUT2D eigenvalue weighted by molar-refractivity contribution is 0.0288. The summed E-state index contributed by atoms with van der Waals surface area (Å²) in [7, 11) is 0. The van der Waals surface area contributed by atoms with Gasteiger partial charge >= 0.3 is 0 Å². The Balaban J connectivity index is 1.54. The standard InChI is InChI=1S/C22H24N2O/c1-17-5-3-7-19(13-17)15-24-11-12-25-22(24)20-9-10-23(16-20)21-8-4-6-18(2)14-21/h3-10,13-14,16,22H,11-12,15H2,1-2H3. The molecular weight excluding hydrogens is 308 g/mol. The zero-order valence-corrected chi connectivity index (χ0v) is 14.9. The molecule has 1 fully saturated rings. The van der Waals surface area contributed by atoms with Crippen molar-refractivity contribution in [3.8, 4) is 5.69 Å². The van der Waals surface area contributed by atoms with Gasteiger partial charge in [0.05, 0.1) is 6.61 Å². The van der Waals surface area contributed by atoms with Gasteiger partial charge in [0.2, 0.25) is 0 Å². The predicted molar refractivity (Wildman–Crippen MR) is 101 cm³/mol.